The molecule has 4 aromatic rings. The highest BCUT2D eigenvalue weighted by atomic mass is 32.2. The highest BCUT2D eigenvalue weighted by molar-refractivity contribution is 7.84. The van der Waals surface area contributed by atoms with Gasteiger partial charge in [-0.15, -0.1) is 0 Å². The summed E-state index contributed by atoms with van der Waals surface area (Å²) in [5, 5.41) is 2.88. The lowest BCUT2D eigenvalue weighted by Crippen LogP contribution is -2.22. The lowest BCUT2D eigenvalue weighted by Gasteiger charge is -2.05. The van der Waals surface area contributed by atoms with Gasteiger partial charge in [-0.3, -0.25) is 14.0 Å². The number of nitrogens with zero attached hydrogens (tertiary/aromatic N) is 2. The molecule has 7 heteroatoms. The van der Waals surface area contributed by atoms with E-state index in [-0.39, 0.29) is 11.7 Å². The van der Waals surface area contributed by atoms with E-state index >= 15 is 0 Å². The summed E-state index contributed by atoms with van der Waals surface area (Å²) in [7, 11) is -1.20. The first kappa shape index (κ1) is 21.6. The van der Waals surface area contributed by atoms with E-state index in [1.807, 2.05) is 50.2 Å². The van der Waals surface area contributed by atoms with Crippen LogP contribution in [-0.2, 0) is 23.1 Å². The van der Waals surface area contributed by atoms with Crippen LogP contribution in [0.15, 0.2) is 82.4 Å². The Morgan fingerprint density at radius 3 is 2.47 bits per heavy atom. The largest absolute Gasteiger partial charge is 0.441 e. The Morgan fingerprint density at radius 2 is 1.78 bits per heavy atom. The van der Waals surface area contributed by atoms with E-state index in [4.69, 9.17) is 4.42 Å². The van der Waals surface area contributed by atoms with Crippen molar-refractivity contribution in [3.63, 3.8) is 0 Å². The van der Waals surface area contributed by atoms with Crippen LogP contribution in [0, 0.1) is 13.8 Å². The summed E-state index contributed by atoms with van der Waals surface area (Å²) >= 11 is 0. The molecule has 0 fully saturated rings. The summed E-state index contributed by atoms with van der Waals surface area (Å²) in [5.41, 5.74) is 4.02. The minimum Gasteiger partial charge on any atom is -0.441 e. The zero-order chi connectivity index (χ0) is 22.5. The van der Waals surface area contributed by atoms with E-state index in [0.717, 1.165) is 21.6 Å². The number of benzene rings is 2. The molecule has 0 bridgehead atoms. The van der Waals surface area contributed by atoms with Gasteiger partial charge in [-0.2, -0.15) is 0 Å². The number of hydrogen-bond donors (Lipinski definition) is 1. The lowest BCUT2D eigenvalue weighted by molar-refractivity contribution is 0.0951. The minimum absolute atomic E-state index is 0.168. The van der Waals surface area contributed by atoms with Crippen molar-refractivity contribution in [2.24, 2.45) is 0 Å². The highest BCUT2D eigenvalue weighted by Gasteiger charge is 2.16. The maximum Gasteiger partial charge on any atom is 0.251 e. The third-order valence-corrected chi connectivity index (χ3v) is 6.35. The first-order valence-corrected chi connectivity index (χ1v) is 11.5. The molecular formula is C25H23N3O3S. The monoisotopic (exact) mass is 445 g/mol. The molecule has 0 saturated heterocycles. The van der Waals surface area contributed by atoms with Gasteiger partial charge in [-0.05, 0) is 61.9 Å². The van der Waals surface area contributed by atoms with Gasteiger partial charge in [0.15, 0.2) is 0 Å². The summed E-state index contributed by atoms with van der Waals surface area (Å²) in [4.78, 5) is 21.7. The Hall–Kier alpha value is -3.58. The molecule has 0 spiro atoms. The fourth-order valence-electron chi connectivity index (χ4n) is 3.13. The molecule has 32 heavy (non-hydrogen) atoms. The number of aryl methyl sites for hydroxylation is 2. The zero-order valence-electron chi connectivity index (χ0n) is 17.9. The van der Waals surface area contributed by atoms with Crippen LogP contribution in [0.3, 0.4) is 0 Å². The number of carbonyl (C=O) groups excluding carboxylic acids is 1. The number of nitrogens with one attached hydrogen (secondary N) is 1. The topological polar surface area (TPSA) is 85.1 Å². The summed E-state index contributed by atoms with van der Waals surface area (Å²) in [6, 6.07) is 18.4. The second kappa shape index (κ2) is 9.70. The molecule has 0 aliphatic carbocycles. The first-order valence-electron chi connectivity index (χ1n) is 10.2. The van der Waals surface area contributed by atoms with Crippen molar-refractivity contribution in [3.8, 4) is 11.5 Å². The molecule has 0 unspecified atom stereocenters. The maximum absolute atomic E-state index is 12.7. The van der Waals surface area contributed by atoms with E-state index < -0.39 is 10.8 Å². The summed E-state index contributed by atoms with van der Waals surface area (Å²) in [6.45, 7) is 4.23. The van der Waals surface area contributed by atoms with Crippen molar-refractivity contribution in [1.82, 2.24) is 15.3 Å². The lowest BCUT2D eigenvalue weighted by atomic mass is 10.1. The molecule has 162 valence electrons. The molecule has 2 aromatic heterocycles. The third kappa shape index (κ3) is 5.18. The van der Waals surface area contributed by atoms with Crippen LogP contribution in [0.1, 0.15) is 32.9 Å². The van der Waals surface area contributed by atoms with Gasteiger partial charge in [0.05, 0.1) is 22.2 Å². The van der Waals surface area contributed by atoms with Crippen LogP contribution in [0.25, 0.3) is 11.5 Å². The molecule has 0 radical (unpaired) electrons. The Morgan fingerprint density at radius 1 is 1.03 bits per heavy atom. The zero-order valence-corrected chi connectivity index (χ0v) is 18.7. The summed E-state index contributed by atoms with van der Waals surface area (Å²) in [6.07, 6.45) is 3.41. The van der Waals surface area contributed by atoms with Gasteiger partial charge in [0, 0.05) is 35.0 Å². The van der Waals surface area contributed by atoms with Crippen LogP contribution in [0.4, 0.5) is 0 Å². The standard InChI is InChI=1S/C25H23N3O3S/c1-17-5-11-22(12-6-17)32(30)16-23-18(2)31-25(28-23)21-9-7-20(8-10-21)24(29)27-15-19-4-3-13-26-14-19/h3-14H,15-16H2,1-2H3,(H,27,29)/t32-/m1/s1. The Labute approximate surface area is 189 Å². The van der Waals surface area contributed by atoms with Crippen LogP contribution in [0.2, 0.25) is 0 Å². The quantitative estimate of drug-likeness (QED) is 0.450. The SMILES string of the molecule is Cc1ccc([S@](=O)Cc2nc(-c3ccc(C(=O)NCc4cccnc4)cc3)oc2C)cc1. The Kier molecular flexibility index (Phi) is 6.56. The van der Waals surface area contributed by atoms with Gasteiger partial charge in [-0.25, -0.2) is 4.98 Å². The van der Waals surface area contributed by atoms with E-state index in [1.54, 1.807) is 36.7 Å². The third-order valence-electron chi connectivity index (χ3n) is 5.01. The fraction of sp³-hybridized carbons (Fsp3) is 0.160. The molecule has 6 nitrogen and oxygen atoms in total. The second-order valence-electron chi connectivity index (χ2n) is 7.45. The summed E-state index contributed by atoms with van der Waals surface area (Å²) < 4.78 is 18.5. The van der Waals surface area contributed by atoms with Gasteiger partial charge < -0.3 is 9.73 Å². The molecule has 4 rings (SSSR count). The average molecular weight is 446 g/mol. The van der Waals surface area contributed by atoms with E-state index in [0.29, 0.717) is 29.5 Å². The van der Waals surface area contributed by atoms with Crippen LogP contribution < -0.4 is 5.32 Å². The van der Waals surface area contributed by atoms with Crippen LogP contribution >= 0.6 is 0 Å². The number of rotatable bonds is 7. The molecule has 2 heterocycles. The van der Waals surface area contributed by atoms with Gasteiger partial charge in [0.25, 0.3) is 5.91 Å². The normalized spacial score (nSPS) is 11.8. The van der Waals surface area contributed by atoms with Crippen molar-refractivity contribution in [1.29, 1.82) is 0 Å². The first-order chi connectivity index (χ1) is 15.5. The minimum atomic E-state index is -1.20. The maximum atomic E-state index is 12.7. The fourth-order valence-corrected chi connectivity index (χ4v) is 4.26. The Balaban J connectivity index is 1.42. The smallest absolute Gasteiger partial charge is 0.251 e. The van der Waals surface area contributed by atoms with Gasteiger partial charge in [0.1, 0.15) is 5.76 Å². The molecule has 0 aliphatic heterocycles. The van der Waals surface area contributed by atoms with Crippen molar-refractivity contribution >= 4 is 16.7 Å². The molecule has 0 saturated carbocycles. The van der Waals surface area contributed by atoms with Crippen LogP contribution in [0.5, 0.6) is 0 Å². The van der Waals surface area contributed by atoms with Gasteiger partial charge in [-0.1, -0.05) is 23.8 Å². The molecule has 1 amide bonds. The molecular weight excluding hydrogens is 422 g/mol. The van der Waals surface area contributed by atoms with Crippen molar-refractivity contribution < 1.29 is 13.4 Å². The predicted molar refractivity (Wildman–Crippen MR) is 123 cm³/mol. The average Bonchev–Trinajstić information content (AvgIpc) is 3.18. The molecule has 2 aromatic carbocycles. The number of oxazole rings is 1. The number of carbonyl (C=O) groups is 1. The number of hydrogen-bond acceptors (Lipinski definition) is 5. The van der Waals surface area contributed by atoms with E-state index in [2.05, 4.69) is 15.3 Å². The predicted octanol–water partition coefficient (Wildman–Crippen LogP) is 4.59. The van der Waals surface area contributed by atoms with E-state index in [9.17, 15) is 9.00 Å². The number of pyridine rings is 1. The number of aromatic nitrogens is 2. The number of amides is 1. The van der Waals surface area contributed by atoms with Crippen molar-refractivity contribution in [2.45, 2.75) is 31.0 Å². The van der Waals surface area contributed by atoms with Crippen molar-refractivity contribution in [3.05, 3.63) is 101 Å². The van der Waals surface area contributed by atoms with Crippen LogP contribution in [-0.4, -0.2) is 20.1 Å². The van der Waals surface area contributed by atoms with Crippen molar-refractivity contribution in [2.75, 3.05) is 0 Å². The molecule has 0 aliphatic rings. The molecule has 1 N–H and O–H groups in total. The highest BCUT2D eigenvalue weighted by Crippen LogP contribution is 2.24. The second-order valence-corrected chi connectivity index (χ2v) is 8.90. The van der Waals surface area contributed by atoms with Gasteiger partial charge >= 0.3 is 0 Å². The van der Waals surface area contributed by atoms with Gasteiger partial charge in [0.2, 0.25) is 5.89 Å². The Bertz CT molecular complexity index is 1230. The van der Waals surface area contributed by atoms with E-state index in [1.165, 1.54) is 0 Å². The molecule has 1 atom stereocenters. The summed E-state index contributed by atoms with van der Waals surface area (Å²) in [5.74, 6) is 1.20.